The van der Waals surface area contributed by atoms with Gasteiger partial charge in [-0.15, -0.1) is 0 Å². The van der Waals surface area contributed by atoms with Crippen LogP contribution in [0.1, 0.15) is 19.4 Å². The first kappa shape index (κ1) is 17.5. The van der Waals surface area contributed by atoms with E-state index in [0.29, 0.717) is 13.1 Å². The van der Waals surface area contributed by atoms with Crippen LogP contribution in [0.4, 0.5) is 5.82 Å². The predicted molar refractivity (Wildman–Crippen MR) is 105 cm³/mol. The Hall–Kier alpha value is -2.96. The van der Waals surface area contributed by atoms with Crippen molar-refractivity contribution in [2.75, 3.05) is 31.1 Å². The van der Waals surface area contributed by atoms with Crippen LogP contribution in [0.5, 0.6) is 0 Å². The molecule has 1 saturated heterocycles. The van der Waals surface area contributed by atoms with Gasteiger partial charge in [-0.2, -0.15) is 5.10 Å². The van der Waals surface area contributed by atoms with Crippen LogP contribution < -0.4 is 4.90 Å². The first-order chi connectivity index (χ1) is 13.0. The highest BCUT2D eigenvalue weighted by Gasteiger charge is 2.36. The Morgan fingerprint density at radius 1 is 1.11 bits per heavy atom. The van der Waals surface area contributed by atoms with Gasteiger partial charge in [0.05, 0.1) is 5.52 Å². The topological polar surface area (TPSA) is 67.2 Å². The molecule has 0 aliphatic carbocycles. The lowest BCUT2D eigenvalue weighted by molar-refractivity contribution is -0.140. The summed E-state index contributed by atoms with van der Waals surface area (Å²) in [6.07, 6.45) is 3.05. The molecule has 140 valence electrons. The van der Waals surface area contributed by atoms with Gasteiger partial charge in [0.1, 0.15) is 24.0 Å². The summed E-state index contributed by atoms with van der Waals surface area (Å²) in [6, 6.07) is 10.3. The smallest absolute Gasteiger partial charge is 0.250 e. The molecule has 0 atom stereocenters. The zero-order chi connectivity index (χ0) is 19.0. The molecule has 1 aromatic carbocycles. The van der Waals surface area contributed by atoms with E-state index in [0.717, 1.165) is 24.4 Å². The number of hydrogen-bond donors (Lipinski definition) is 0. The number of benzene rings is 1. The number of aromatic nitrogens is 4. The molecule has 1 aliphatic rings. The van der Waals surface area contributed by atoms with Crippen LogP contribution in [-0.2, 0) is 10.3 Å². The molecule has 1 fully saturated rings. The average Bonchev–Trinajstić information content (AvgIpc) is 3.23. The third kappa shape index (κ3) is 3.13. The molecule has 2 aromatic heterocycles. The number of fused-ring (bicyclic) bond motifs is 1. The highest BCUT2D eigenvalue weighted by atomic mass is 16.2. The van der Waals surface area contributed by atoms with Gasteiger partial charge in [0.2, 0.25) is 5.91 Å². The molecule has 4 rings (SSSR count). The lowest BCUT2D eigenvalue weighted by Gasteiger charge is -2.39. The Morgan fingerprint density at radius 3 is 2.56 bits per heavy atom. The van der Waals surface area contributed by atoms with E-state index in [4.69, 9.17) is 4.98 Å². The van der Waals surface area contributed by atoms with Crippen molar-refractivity contribution in [2.24, 2.45) is 0 Å². The molecular weight excluding hydrogens is 340 g/mol. The fourth-order valence-electron chi connectivity index (χ4n) is 3.61. The van der Waals surface area contributed by atoms with Crippen molar-refractivity contribution in [1.29, 1.82) is 0 Å². The van der Waals surface area contributed by atoms with Crippen molar-refractivity contribution in [1.82, 2.24) is 24.6 Å². The number of carbonyl (C=O) groups is 1. The number of amides is 1. The minimum atomic E-state index is -0.740. The number of rotatable bonds is 3. The van der Waals surface area contributed by atoms with Crippen molar-refractivity contribution >= 4 is 22.6 Å². The Labute approximate surface area is 158 Å². The number of anilines is 1. The predicted octanol–water partition coefficient (Wildman–Crippen LogP) is 2.22. The minimum Gasteiger partial charge on any atom is -0.353 e. The van der Waals surface area contributed by atoms with Crippen molar-refractivity contribution in [2.45, 2.75) is 26.3 Å². The molecule has 3 heterocycles. The Morgan fingerprint density at radius 2 is 1.85 bits per heavy atom. The monoisotopic (exact) mass is 364 g/mol. The molecule has 27 heavy (non-hydrogen) atoms. The normalized spacial score (nSPS) is 15.4. The molecule has 0 unspecified atom stereocenters. The van der Waals surface area contributed by atoms with E-state index >= 15 is 0 Å². The number of para-hydroxylation sites is 1. The van der Waals surface area contributed by atoms with Gasteiger partial charge in [-0.25, -0.2) is 14.6 Å². The largest absolute Gasteiger partial charge is 0.353 e. The third-order valence-electron chi connectivity index (χ3n) is 5.32. The molecule has 0 radical (unpaired) electrons. The van der Waals surface area contributed by atoms with E-state index in [2.05, 4.69) is 34.0 Å². The van der Waals surface area contributed by atoms with E-state index in [1.54, 1.807) is 11.0 Å². The Bertz CT molecular complexity index is 958. The van der Waals surface area contributed by atoms with Gasteiger partial charge in [0.15, 0.2) is 0 Å². The summed E-state index contributed by atoms with van der Waals surface area (Å²) < 4.78 is 1.62. The van der Waals surface area contributed by atoms with Crippen LogP contribution in [0.15, 0.2) is 43.0 Å². The second kappa shape index (κ2) is 6.64. The summed E-state index contributed by atoms with van der Waals surface area (Å²) in [5.74, 6) is 1.05. The first-order valence-corrected chi connectivity index (χ1v) is 9.22. The van der Waals surface area contributed by atoms with Crippen LogP contribution in [0, 0.1) is 6.92 Å². The van der Waals surface area contributed by atoms with Gasteiger partial charge >= 0.3 is 0 Å². The summed E-state index contributed by atoms with van der Waals surface area (Å²) in [7, 11) is 0. The molecule has 0 N–H and O–H groups in total. The van der Waals surface area contributed by atoms with Gasteiger partial charge < -0.3 is 9.80 Å². The molecular formula is C20H24N6O. The summed E-state index contributed by atoms with van der Waals surface area (Å²) in [5.41, 5.74) is 1.50. The molecule has 0 spiro atoms. The van der Waals surface area contributed by atoms with Crippen molar-refractivity contribution in [3.63, 3.8) is 0 Å². The fraction of sp³-hybridized carbons (Fsp3) is 0.400. The number of nitrogens with zero attached hydrogens (tertiary/aromatic N) is 6. The molecule has 3 aromatic rings. The Balaban J connectivity index is 1.48. The zero-order valence-corrected chi connectivity index (χ0v) is 16.0. The lowest BCUT2D eigenvalue weighted by Crippen LogP contribution is -2.55. The minimum absolute atomic E-state index is 0.0651. The quantitative estimate of drug-likeness (QED) is 0.713. The maximum atomic E-state index is 13.0. The number of hydrogen-bond acceptors (Lipinski definition) is 5. The zero-order valence-electron chi connectivity index (χ0n) is 16.0. The van der Waals surface area contributed by atoms with E-state index in [1.165, 1.54) is 17.3 Å². The van der Waals surface area contributed by atoms with Crippen molar-refractivity contribution in [3.8, 4) is 0 Å². The summed E-state index contributed by atoms with van der Waals surface area (Å²) in [4.78, 5) is 25.9. The molecule has 7 heteroatoms. The van der Waals surface area contributed by atoms with Crippen LogP contribution in [-0.4, -0.2) is 56.7 Å². The number of piperazine rings is 1. The van der Waals surface area contributed by atoms with Gasteiger partial charge in [0, 0.05) is 31.6 Å². The highest BCUT2D eigenvalue weighted by molar-refractivity contribution is 5.85. The average molecular weight is 364 g/mol. The summed E-state index contributed by atoms with van der Waals surface area (Å²) >= 11 is 0. The van der Waals surface area contributed by atoms with Gasteiger partial charge in [0.25, 0.3) is 0 Å². The molecule has 1 aliphatic heterocycles. The van der Waals surface area contributed by atoms with E-state index in [-0.39, 0.29) is 5.91 Å². The van der Waals surface area contributed by atoms with Gasteiger partial charge in [-0.3, -0.25) is 4.79 Å². The number of pyridine rings is 1. The summed E-state index contributed by atoms with van der Waals surface area (Å²) in [5, 5.41) is 5.33. The molecule has 7 nitrogen and oxygen atoms in total. The fourth-order valence-corrected chi connectivity index (χ4v) is 3.61. The maximum absolute atomic E-state index is 13.0. The third-order valence-corrected chi connectivity index (χ3v) is 5.32. The number of aryl methyl sites for hydroxylation is 1. The standard InChI is InChI=1S/C20H24N6O/c1-15-12-18(23-17-7-5-4-6-16(15)17)24-8-10-25(11-9-24)19(27)20(2,3)26-14-21-13-22-26/h4-7,12-14H,8-11H2,1-3H3. The first-order valence-electron chi connectivity index (χ1n) is 9.22. The number of carbonyl (C=O) groups excluding carboxylic acids is 1. The van der Waals surface area contributed by atoms with Crippen LogP contribution in [0.3, 0.4) is 0 Å². The van der Waals surface area contributed by atoms with Crippen LogP contribution in [0.25, 0.3) is 10.9 Å². The van der Waals surface area contributed by atoms with Crippen molar-refractivity contribution < 1.29 is 4.79 Å². The van der Waals surface area contributed by atoms with E-state index < -0.39 is 5.54 Å². The lowest BCUT2D eigenvalue weighted by atomic mass is 10.0. The molecule has 0 bridgehead atoms. The second-order valence-corrected chi connectivity index (χ2v) is 7.49. The Kier molecular flexibility index (Phi) is 4.30. The highest BCUT2D eigenvalue weighted by Crippen LogP contribution is 2.24. The molecule has 0 saturated carbocycles. The SMILES string of the molecule is Cc1cc(N2CCN(C(=O)C(C)(C)n3cncn3)CC2)nc2ccccc12. The maximum Gasteiger partial charge on any atom is 0.250 e. The second-order valence-electron chi connectivity index (χ2n) is 7.49. The van der Waals surface area contributed by atoms with Gasteiger partial charge in [-0.1, -0.05) is 18.2 Å². The van der Waals surface area contributed by atoms with Crippen molar-refractivity contribution in [3.05, 3.63) is 48.5 Å². The molecule has 1 amide bonds. The summed E-state index contributed by atoms with van der Waals surface area (Å²) in [6.45, 7) is 8.76. The van der Waals surface area contributed by atoms with Gasteiger partial charge in [-0.05, 0) is 38.5 Å². The van der Waals surface area contributed by atoms with E-state index in [9.17, 15) is 4.79 Å². The van der Waals surface area contributed by atoms with Crippen LogP contribution in [0.2, 0.25) is 0 Å². The van der Waals surface area contributed by atoms with E-state index in [1.807, 2.05) is 36.9 Å². The van der Waals surface area contributed by atoms with Crippen LogP contribution >= 0.6 is 0 Å².